The predicted molar refractivity (Wildman–Crippen MR) is 110 cm³/mol. The van der Waals surface area contributed by atoms with Gasteiger partial charge in [-0.25, -0.2) is 4.79 Å². The molecule has 0 atom stereocenters. The maximum absolute atomic E-state index is 12.6. The van der Waals surface area contributed by atoms with Crippen molar-refractivity contribution in [3.8, 4) is 0 Å². The second-order valence-corrected chi connectivity index (χ2v) is 7.82. The molecule has 1 N–H and O–H groups in total. The number of urea groups is 1. The highest BCUT2D eigenvalue weighted by molar-refractivity contribution is 6.30. The second-order valence-electron chi connectivity index (χ2n) is 7.38. The molecule has 0 saturated carbocycles. The van der Waals surface area contributed by atoms with Crippen molar-refractivity contribution in [3.05, 3.63) is 34.9 Å². The third-order valence-electron chi connectivity index (χ3n) is 5.39. The molecule has 0 bridgehead atoms. The van der Waals surface area contributed by atoms with Crippen molar-refractivity contribution in [1.82, 2.24) is 24.9 Å². The summed E-state index contributed by atoms with van der Waals surface area (Å²) in [6.45, 7) is 10.1. The maximum atomic E-state index is 12.6. The molecule has 3 amide bonds. The van der Waals surface area contributed by atoms with Gasteiger partial charge in [-0.15, -0.1) is 0 Å². The van der Waals surface area contributed by atoms with Gasteiger partial charge < -0.3 is 15.1 Å². The largest absolute Gasteiger partial charge is 0.339 e. The van der Waals surface area contributed by atoms with E-state index in [1.165, 1.54) is 5.56 Å². The summed E-state index contributed by atoms with van der Waals surface area (Å²) >= 11 is 5.94. The fourth-order valence-corrected chi connectivity index (χ4v) is 3.79. The van der Waals surface area contributed by atoms with Gasteiger partial charge in [0.2, 0.25) is 5.91 Å². The third kappa shape index (κ3) is 5.83. The molecule has 2 aliphatic rings. The first-order chi connectivity index (χ1) is 13.5. The summed E-state index contributed by atoms with van der Waals surface area (Å²) in [6, 6.07) is 7.94. The Hall–Kier alpha value is -1.83. The first kappa shape index (κ1) is 20.9. The van der Waals surface area contributed by atoms with E-state index in [0.717, 1.165) is 50.8 Å². The summed E-state index contributed by atoms with van der Waals surface area (Å²) < 4.78 is 0. The van der Waals surface area contributed by atoms with Gasteiger partial charge in [-0.3, -0.25) is 14.6 Å². The smallest absolute Gasteiger partial charge is 0.317 e. The molecule has 0 radical (unpaired) electrons. The molecule has 2 saturated heterocycles. The van der Waals surface area contributed by atoms with Crippen LogP contribution < -0.4 is 5.32 Å². The van der Waals surface area contributed by atoms with E-state index in [4.69, 9.17) is 11.6 Å². The molecule has 154 valence electrons. The highest BCUT2D eigenvalue weighted by Gasteiger charge is 2.26. The molecular weight excluding hydrogens is 378 g/mol. The van der Waals surface area contributed by atoms with Crippen LogP contribution in [-0.2, 0) is 11.3 Å². The Kier molecular flexibility index (Phi) is 7.53. The Bertz CT molecular complexity index is 653. The molecule has 0 unspecified atom stereocenters. The van der Waals surface area contributed by atoms with E-state index in [2.05, 4.69) is 27.2 Å². The van der Waals surface area contributed by atoms with Gasteiger partial charge in [-0.05, 0) is 24.6 Å². The number of carbonyl (C=O) groups is 2. The van der Waals surface area contributed by atoms with Gasteiger partial charge in [0, 0.05) is 70.5 Å². The number of nitrogens with one attached hydrogen (secondary N) is 1. The van der Waals surface area contributed by atoms with Crippen LogP contribution in [0.4, 0.5) is 4.79 Å². The van der Waals surface area contributed by atoms with Gasteiger partial charge in [0.25, 0.3) is 0 Å². The van der Waals surface area contributed by atoms with Crippen LogP contribution >= 0.6 is 11.6 Å². The number of benzene rings is 1. The van der Waals surface area contributed by atoms with E-state index in [0.29, 0.717) is 26.2 Å². The van der Waals surface area contributed by atoms with E-state index in [9.17, 15) is 9.59 Å². The minimum Gasteiger partial charge on any atom is -0.339 e. The summed E-state index contributed by atoms with van der Waals surface area (Å²) in [5, 5.41) is 3.58. The molecule has 0 spiro atoms. The van der Waals surface area contributed by atoms with E-state index in [1.807, 2.05) is 28.9 Å². The predicted octanol–water partition coefficient (Wildman–Crippen LogP) is 1.33. The van der Waals surface area contributed by atoms with E-state index in [1.54, 1.807) is 0 Å². The average Bonchev–Trinajstić information content (AvgIpc) is 2.71. The van der Waals surface area contributed by atoms with E-state index < -0.39 is 0 Å². The Balaban J connectivity index is 1.37. The molecule has 8 heteroatoms. The summed E-state index contributed by atoms with van der Waals surface area (Å²) in [5.74, 6) is 0.192. The number of hydrogen-bond donors (Lipinski definition) is 1. The Morgan fingerprint density at radius 1 is 0.893 bits per heavy atom. The lowest BCUT2D eigenvalue weighted by Crippen LogP contribution is -2.55. The van der Waals surface area contributed by atoms with Crippen molar-refractivity contribution in [1.29, 1.82) is 0 Å². The zero-order valence-electron chi connectivity index (χ0n) is 16.6. The quantitative estimate of drug-likeness (QED) is 0.800. The number of halogens is 1. The van der Waals surface area contributed by atoms with Crippen LogP contribution in [0.5, 0.6) is 0 Å². The minimum absolute atomic E-state index is 0.00899. The zero-order valence-corrected chi connectivity index (χ0v) is 17.3. The van der Waals surface area contributed by atoms with Crippen molar-refractivity contribution in [2.45, 2.75) is 13.5 Å². The maximum Gasteiger partial charge on any atom is 0.317 e. The number of hydrogen-bond acceptors (Lipinski definition) is 4. The van der Waals surface area contributed by atoms with Crippen LogP contribution in [-0.4, -0.2) is 97.0 Å². The molecule has 0 aliphatic carbocycles. The summed E-state index contributed by atoms with van der Waals surface area (Å²) in [6.07, 6.45) is 0. The van der Waals surface area contributed by atoms with Crippen molar-refractivity contribution in [2.75, 3.05) is 65.4 Å². The minimum atomic E-state index is -0.00899. The first-order valence-electron chi connectivity index (χ1n) is 10.0. The lowest BCUT2D eigenvalue weighted by atomic mass is 10.2. The molecule has 2 heterocycles. The highest BCUT2D eigenvalue weighted by Crippen LogP contribution is 2.13. The topological polar surface area (TPSA) is 59.1 Å². The van der Waals surface area contributed by atoms with E-state index in [-0.39, 0.29) is 11.9 Å². The molecule has 7 nitrogen and oxygen atoms in total. The van der Waals surface area contributed by atoms with Crippen molar-refractivity contribution in [2.24, 2.45) is 0 Å². The summed E-state index contributed by atoms with van der Waals surface area (Å²) in [5.41, 5.74) is 1.24. The number of amides is 3. The number of rotatable bonds is 5. The molecular formula is C20H30ClN5O2. The van der Waals surface area contributed by atoms with Gasteiger partial charge in [-0.2, -0.15) is 0 Å². The molecule has 2 aliphatic heterocycles. The van der Waals surface area contributed by atoms with Crippen LogP contribution in [0.25, 0.3) is 0 Å². The number of carbonyl (C=O) groups excluding carboxylic acids is 2. The van der Waals surface area contributed by atoms with Gasteiger partial charge >= 0.3 is 6.03 Å². The molecule has 1 aromatic rings. The van der Waals surface area contributed by atoms with E-state index >= 15 is 0 Å². The van der Waals surface area contributed by atoms with Gasteiger partial charge in [0.1, 0.15) is 0 Å². The Labute approximate surface area is 172 Å². The van der Waals surface area contributed by atoms with Crippen molar-refractivity contribution in [3.63, 3.8) is 0 Å². The third-order valence-corrected chi connectivity index (χ3v) is 5.64. The molecule has 2 fully saturated rings. The molecule has 1 aromatic carbocycles. The monoisotopic (exact) mass is 407 g/mol. The normalized spacial score (nSPS) is 18.9. The summed E-state index contributed by atoms with van der Waals surface area (Å²) in [4.78, 5) is 32.8. The van der Waals surface area contributed by atoms with Crippen LogP contribution in [0.1, 0.15) is 12.5 Å². The van der Waals surface area contributed by atoms with Crippen molar-refractivity contribution < 1.29 is 9.59 Å². The Morgan fingerprint density at radius 2 is 1.46 bits per heavy atom. The average molecular weight is 408 g/mol. The molecule has 0 aromatic heterocycles. The zero-order chi connectivity index (χ0) is 19.9. The molecule has 3 rings (SSSR count). The van der Waals surface area contributed by atoms with Gasteiger partial charge in [-0.1, -0.05) is 23.7 Å². The van der Waals surface area contributed by atoms with Crippen LogP contribution in [0.3, 0.4) is 0 Å². The highest BCUT2D eigenvalue weighted by atomic mass is 35.5. The van der Waals surface area contributed by atoms with Crippen LogP contribution in [0.15, 0.2) is 24.3 Å². The molecule has 28 heavy (non-hydrogen) atoms. The SMILES string of the molecule is CCNC(=O)N1CCN(CC(=O)N2CCN(Cc3ccc(Cl)cc3)CC2)CC1. The van der Waals surface area contributed by atoms with Crippen molar-refractivity contribution >= 4 is 23.5 Å². The van der Waals surface area contributed by atoms with Crippen LogP contribution in [0, 0.1) is 0 Å². The lowest BCUT2D eigenvalue weighted by molar-refractivity contribution is -0.134. The number of nitrogens with zero attached hydrogens (tertiary/aromatic N) is 4. The van der Waals surface area contributed by atoms with Gasteiger partial charge in [0.05, 0.1) is 6.54 Å². The second kappa shape index (κ2) is 10.1. The first-order valence-corrected chi connectivity index (χ1v) is 10.4. The number of piperazine rings is 2. The van der Waals surface area contributed by atoms with Crippen LogP contribution in [0.2, 0.25) is 5.02 Å². The standard InChI is InChI=1S/C20H30ClN5O2/c1-2-22-20(28)26-13-9-24(10-14-26)16-19(27)25-11-7-23(8-12-25)15-17-3-5-18(21)6-4-17/h3-6H,2,7-16H2,1H3,(H,22,28). The van der Waals surface area contributed by atoms with Gasteiger partial charge in [0.15, 0.2) is 0 Å². The fourth-order valence-electron chi connectivity index (χ4n) is 3.67. The lowest BCUT2D eigenvalue weighted by Gasteiger charge is -2.38. The summed E-state index contributed by atoms with van der Waals surface area (Å²) in [7, 11) is 0. The Morgan fingerprint density at radius 3 is 2.07 bits per heavy atom. The fraction of sp³-hybridized carbons (Fsp3) is 0.600.